The molecule has 4 rings (SSSR count). The second-order valence-electron chi connectivity index (χ2n) is 20.8. The highest BCUT2D eigenvalue weighted by Gasteiger charge is 2.24. The van der Waals surface area contributed by atoms with Crippen molar-refractivity contribution in [3.63, 3.8) is 0 Å². The van der Waals surface area contributed by atoms with Crippen LogP contribution in [0, 0.1) is 0 Å². The average Bonchev–Trinajstić information content (AvgIpc) is 3.28. The molecule has 0 aliphatic heterocycles. The molecular weight excluding hydrogens is 865 g/mol. The second kappa shape index (κ2) is 41.6. The van der Waals surface area contributed by atoms with Crippen molar-refractivity contribution in [2.75, 3.05) is 230 Å². The van der Waals surface area contributed by atoms with Gasteiger partial charge in [-0.2, -0.15) is 0 Å². The lowest BCUT2D eigenvalue weighted by Gasteiger charge is -2.37. The fourth-order valence-corrected chi connectivity index (χ4v) is 9.74. The summed E-state index contributed by atoms with van der Waals surface area (Å²) in [7, 11) is 2.07. The Bertz CT molecular complexity index is 1130. The first-order chi connectivity index (χ1) is 34.1. The van der Waals surface area contributed by atoms with E-state index in [4.69, 9.17) is 17.2 Å². The maximum Gasteiger partial charge on any atom is 0.0110 e. The fraction of sp³-hybridized carbons (Fsp3) is 1.00. The third-order valence-electron chi connectivity index (χ3n) is 15.5. The minimum atomic E-state index is 0.694. The lowest BCUT2D eigenvalue weighted by Crippen LogP contribution is -2.48. The largest absolute Gasteiger partial charge is 0.329 e. The molecule has 69 heavy (non-hydrogen) atoms. The molecule has 18 nitrogen and oxygen atoms in total. The van der Waals surface area contributed by atoms with Gasteiger partial charge in [0.2, 0.25) is 0 Å². The molecule has 0 unspecified atom stereocenters. The van der Waals surface area contributed by atoms with Crippen LogP contribution in [0.4, 0.5) is 0 Å². The molecule has 0 saturated heterocycles. The van der Waals surface area contributed by atoms with Gasteiger partial charge in [-0.05, 0) is 58.4 Å². The monoisotopic (exact) mass is 979 g/mol. The Hall–Kier alpha value is -0.720. The van der Waals surface area contributed by atoms with Crippen LogP contribution in [-0.2, 0) is 0 Å². The van der Waals surface area contributed by atoms with Crippen molar-refractivity contribution in [2.45, 2.75) is 101 Å². The van der Waals surface area contributed by atoms with E-state index in [0.717, 1.165) is 227 Å². The lowest BCUT2D eigenvalue weighted by molar-refractivity contribution is 0.128. The molecule has 4 fully saturated rings. The van der Waals surface area contributed by atoms with E-state index in [-0.39, 0.29) is 0 Å². The second-order valence-corrected chi connectivity index (χ2v) is 20.8. The van der Waals surface area contributed by atoms with Crippen molar-refractivity contribution in [1.29, 1.82) is 0 Å². The van der Waals surface area contributed by atoms with Crippen LogP contribution in [0.15, 0.2) is 0 Å². The Morgan fingerprint density at radius 3 is 1.00 bits per heavy atom. The minimum absolute atomic E-state index is 0.694. The molecule has 0 aromatic carbocycles. The smallest absolute Gasteiger partial charge is 0.0110 e. The Labute approximate surface area is 423 Å². The van der Waals surface area contributed by atoms with E-state index in [1.807, 2.05) is 0 Å². The summed E-state index contributed by atoms with van der Waals surface area (Å²) in [6.07, 6.45) is 16.3. The zero-order valence-corrected chi connectivity index (χ0v) is 44.8. The summed E-state index contributed by atoms with van der Waals surface area (Å²) in [6, 6.07) is 3.00. The Morgan fingerprint density at radius 1 is 0.304 bits per heavy atom. The molecule has 0 radical (unpaired) electrons. The van der Waals surface area contributed by atoms with Crippen molar-refractivity contribution in [3.8, 4) is 0 Å². The van der Waals surface area contributed by atoms with Crippen LogP contribution in [-0.4, -0.2) is 283 Å². The maximum atomic E-state index is 6.22. The van der Waals surface area contributed by atoms with Gasteiger partial charge in [0.05, 0.1) is 0 Å². The van der Waals surface area contributed by atoms with E-state index in [9.17, 15) is 0 Å². The average molecular weight is 980 g/mol. The van der Waals surface area contributed by atoms with Crippen molar-refractivity contribution < 1.29 is 0 Å². The Kier molecular flexibility index (Phi) is 36.7. The van der Waals surface area contributed by atoms with Crippen molar-refractivity contribution in [3.05, 3.63) is 0 Å². The van der Waals surface area contributed by atoms with Crippen LogP contribution in [0.3, 0.4) is 0 Å². The summed E-state index contributed by atoms with van der Waals surface area (Å²) < 4.78 is 0. The molecule has 0 bridgehead atoms. The maximum absolute atomic E-state index is 6.22. The van der Waals surface area contributed by atoms with Crippen LogP contribution in [0.25, 0.3) is 0 Å². The summed E-state index contributed by atoms with van der Waals surface area (Å²) in [5, 5.41) is 33.1. The van der Waals surface area contributed by atoms with Gasteiger partial charge in [-0.3, -0.25) is 29.4 Å². The van der Waals surface area contributed by atoms with E-state index in [2.05, 4.69) is 84.3 Å². The van der Waals surface area contributed by atoms with E-state index >= 15 is 0 Å². The zero-order valence-electron chi connectivity index (χ0n) is 44.8. The zero-order chi connectivity index (χ0) is 48.7. The highest BCUT2D eigenvalue weighted by atomic mass is 15.3. The quantitative estimate of drug-likeness (QED) is 0.0293. The first-order valence-corrected chi connectivity index (χ1v) is 28.9. The minimum Gasteiger partial charge on any atom is -0.329 e. The van der Waals surface area contributed by atoms with Crippen LogP contribution in [0.2, 0.25) is 0 Å². The summed E-state index contributed by atoms with van der Waals surface area (Å²) in [6.45, 7) is 34.4. The van der Waals surface area contributed by atoms with E-state index in [1.165, 1.54) is 77.0 Å². The van der Waals surface area contributed by atoms with Gasteiger partial charge in [0, 0.05) is 247 Å². The number of nitrogens with zero attached hydrogens (tertiary/aromatic N) is 6. The van der Waals surface area contributed by atoms with Crippen molar-refractivity contribution >= 4 is 0 Å². The molecule has 0 heterocycles. The van der Waals surface area contributed by atoms with Gasteiger partial charge in [-0.1, -0.05) is 25.7 Å². The molecule has 18 heteroatoms. The van der Waals surface area contributed by atoms with E-state index < -0.39 is 0 Å². The Balaban J connectivity index is 1.19. The summed E-state index contributed by atoms with van der Waals surface area (Å²) in [5.41, 5.74) is 18.1. The van der Waals surface area contributed by atoms with Crippen molar-refractivity contribution in [1.82, 2.24) is 77.3 Å². The van der Waals surface area contributed by atoms with Crippen molar-refractivity contribution in [2.24, 2.45) is 17.2 Å². The molecule has 4 aliphatic carbocycles. The summed E-state index contributed by atoms with van der Waals surface area (Å²) in [4.78, 5) is 15.9. The predicted molar refractivity (Wildman–Crippen MR) is 294 cm³/mol. The molecule has 4 saturated carbocycles. The third kappa shape index (κ3) is 29.7. The van der Waals surface area contributed by atoms with Gasteiger partial charge >= 0.3 is 0 Å². The molecule has 0 aromatic heterocycles. The Morgan fingerprint density at radius 2 is 0.623 bits per heavy atom. The first-order valence-electron chi connectivity index (χ1n) is 28.9. The third-order valence-corrected chi connectivity index (χ3v) is 15.5. The fourth-order valence-electron chi connectivity index (χ4n) is 9.74. The molecule has 408 valence electrons. The summed E-state index contributed by atoms with van der Waals surface area (Å²) in [5.74, 6) is 0. The van der Waals surface area contributed by atoms with Gasteiger partial charge in [0.15, 0.2) is 0 Å². The normalized spacial score (nSPS) is 17.3. The standard InChI is InChI=1S/C51H114N18/c1-55-22-33-66(38-29-62-49-8-3-9-49)45-47-68(39-30-63-50-10-4-11-50)46-43-65(32-16-54)35-24-59-25-36-67(37-26-60-28-41-69(51-12-5-13-51)40-27-56-17-14-52)44-42-64(31-15-53)34-23-58-19-18-57-20-21-61-48-6-2-7-48/h48-51,55-63H,2-47,52-54H2,1H3. The van der Waals surface area contributed by atoms with E-state index in [0.29, 0.717) is 19.6 Å². The van der Waals surface area contributed by atoms with Crippen LogP contribution < -0.4 is 65.1 Å². The van der Waals surface area contributed by atoms with Gasteiger partial charge in [0.25, 0.3) is 0 Å². The highest BCUT2D eigenvalue weighted by Crippen LogP contribution is 2.24. The molecular formula is C51H114N18. The van der Waals surface area contributed by atoms with Gasteiger partial charge in [-0.25, -0.2) is 0 Å². The number of likely N-dealkylation sites (N-methyl/N-ethyl adjacent to an activating group) is 1. The van der Waals surface area contributed by atoms with Crippen LogP contribution in [0.5, 0.6) is 0 Å². The molecule has 0 atom stereocenters. The van der Waals surface area contributed by atoms with E-state index in [1.54, 1.807) is 0 Å². The number of nitrogens with two attached hydrogens (primary N) is 3. The summed E-state index contributed by atoms with van der Waals surface area (Å²) >= 11 is 0. The van der Waals surface area contributed by atoms with Gasteiger partial charge in [0.1, 0.15) is 0 Å². The molecule has 15 N–H and O–H groups in total. The number of nitrogens with one attached hydrogen (secondary N) is 9. The van der Waals surface area contributed by atoms with Crippen LogP contribution >= 0.6 is 0 Å². The molecule has 0 amide bonds. The first kappa shape index (κ1) is 60.8. The predicted octanol–water partition coefficient (Wildman–Crippen LogP) is -2.18. The topological polar surface area (TPSA) is 206 Å². The van der Waals surface area contributed by atoms with Gasteiger partial charge < -0.3 is 65.1 Å². The SMILES string of the molecule is CNCCN(CCNC1CCC1)CCN(CCNC1CCC1)CCN(CCN)CCNCCN(CCNCCN(CCNCCN)C1CCC1)CCN(CCN)CCNCCNCCNC1CCC1. The van der Waals surface area contributed by atoms with Crippen LogP contribution in [0.1, 0.15) is 77.0 Å². The number of hydrogen-bond acceptors (Lipinski definition) is 18. The number of hydrogen-bond donors (Lipinski definition) is 12. The van der Waals surface area contributed by atoms with Gasteiger partial charge in [-0.15, -0.1) is 0 Å². The number of rotatable bonds is 52. The molecule has 0 spiro atoms. The lowest BCUT2D eigenvalue weighted by atomic mass is 9.91. The highest BCUT2D eigenvalue weighted by molar-refractivity contribution is 4.82. The molecule has 4 aliphatic rings. The molecule has 0 aromatic rings.